The molecule has 0 aliphatic carbocycles. The van der Waals surface area contributed by atoms with Gasteiger partial charge in [-0.3, -0.25) is 9.69 Å². The number of pyridine rings is 1. The van der Waals surface area contributed by atoms with Crippen LogP contribution in [0.25, 0.3) is 0 Å². The second kappa shape index (κ2) is 8.94. The summed E-state index contributed by atoms with van der Waals surface area (Å²) in [7, 11) is -3.75. The summed E-state index contributed by atoms with van der Waals surface area (Å²) in [5.41, 5.74) is 0. The average molecular weight is 464 g/mol. The Bertz CT molecular complexity index is 962. The lowest BCUT2D eigenvalue weighted by molar-refractivity contribution is -0.117. The highest BCUT2D eigenvalue weighted by molar-refractivity contribution is 7.89. The first-order valence-electron chi connectivity index (χ1n) is 8.34. The number of rotatable bonds is 5. The second-order valence-corrected chi connectivity index (χ2v) is 9.35. The molecule has 28 heavy (non-hydrogen) atoms. The summed E-state index contributed by atoms with van der Waals surface area (Å²) in [6, 6.07) is 7.59. The number of carbonyl (C=O) groups excluding carboxylic acids is 1. The maximum absolute atomic E-state index is 12.8. The SMILES string of the molecule is O=C(CN1CCN(S(=O)(=O)c2cc(Cl)ccc2Cl)CC1)Nc1ccc(Cl)cn1. The minimum Gasteiger partial charge on any atom is -0.310 e. The first-order chi connectivity index (χ1) is 13.3. The topological polar surface area (TPSA) is 82.6 Å². The number of halogens is 3. The summed E-state index contributed by atoms with van der Waals surface area (Å²) in [6.45, 7) is 1.46. The first-order valence-corrected chi connectivity index (χ1v) is 10.9. The number of benzene rings is 1. The summed E-state index contributed by atoms with van der Waals surface area (Å²) < 4.78 is 27.0. The van der Waals surface area contributed by atoms with Crippen LogP contribution in [0.2, 0.25) is 15.1 Å². The summed E-state index contributed by atoms with van der Waals surface area (Å²) in [5.74, 6) is 0.176. The van der Waals surface area contributed by atoms with Crippen LogP contribution >= 0.6 is 34.8 Å². The van der Waals surface area contributed by atoms with Gasteiger partial charge < -0.3 is 5.32 Å². The molecular formula is C17H17Cl3N4O3S. The Labute approximate surface area is 178 Å². The number of sulfonamides is 1. The molecule has 0 spiro atoms. The summed E-state index contributed by atoms with van der Waals surface area (Å²) in [6.07, 6.45) is 1.45. The molecule has 0 atom stereocenters. The molecule has 1 aromatic carbocycles. The molecule has 1 fully saturated rings. The Morgan fingerprint density at radius 2 is 1.71 bits per heavy atom. The summed E-state index contributed by atoms with van der Waals surface area (Å²) >= 11 is 17.7. The molecule has 1 N–H and O–H groups in total. The lowest BCUT2D eigenvalue weighted by Gasteiger charge is -2.33. The highest BCUT2D eigenvalue weighted by atomic mass is 35.5. The van der Waals surface area contributed by atoms with E-state index in [0.29, 0.717) is 29.0 Å². The maximum Gasteiger partial charge on any atom is 0.244 e. The number of piperazine rings is 1. The Kier molecular flexibility index (Phi) is 6.80. The number of nitrogens with one attached hydrogen (secondary N) is 1. The second-order valence-electron chi connectivity index (χ2n) is 6.16. The number of amides is 1. The van der Waals surface area contributed by atoms with Gasteiger partial charge in [0, 0.05) is 37.4 Å². The first kappa shape index (κ1) is 21.3. The van der Waals surface area contributed by atoms with Crippen LogP contribution in [-0.4, -0.2) is 61.2 Å². The van der Waals surface area contributed by atoms with Crippen molar-refractivity contribution in [2.24, 2.45) is 0 Å². The number of hydrogen-bond acceptors (Lipinski definition) is 5. The molecule has 0 saturated carbocycles. The van der Waals surface area contributed by atoms with Gasteiger partial charge in [0.05, 0.1) is 16.6 Å². The van der Waals surface area contributed by atoms with Crippen LogP contribution in [0.1, 0.15) is 0 Å². The molecule has 3 rings (SSSR count). The van der Waals surface area contributed by atoms with Crippen molar-refractivity contribution < 1.29 is 13.2 Å². The molecule has 7 nitrogen and oxygen atoms in total. The van der Waals surface area contributed by atoms with Gasteiger partial charge in [-0.1, -0.05) is 34.8 Å². The average Bonchev–Trinajstić information content (AvgIpc) is 2.66. The predicted octanol–water partition coefficient (Wildman–Crippen LogP) is 2.99. The fourth-order valence-corrected chi connectivity index (χ4v) is 5.05. The summed E-state index contributed by atoms with van der Waals surface area (Å²) in [5, 5.41) is 3.59. The van der Waals surface area contributed by atoms with Crippen molar-refractivity contribution in [1.82, 2.24) is 14.2 Å². The van der Waals surface area contributed by atoms with Gasteiger partial charge in [-0.25, -0.2) is 13.4 Å². The molecule has 1 aromatic heterocycles. The normalized spacial score (nSPS) is 16.1. The van der Waals surface area contributed by atoms with Crippen LogP contribution in [0.4, 0.5) is 5.82 Å². The number of anilines is 1. The van der Waals surface area contributed by atoms with Crippen molar-refractivity contribution >= 4 is 56.6 Å². The Balaban J connectivity index is 1.57. The smallest absolute Gasteiger partial charge is 0.244 e. The van der Waals surface area contributed by atoms with Gasteiger partial charge in [-0.15, -0.1) is 0 Å². The highest BCUT2D eigenvalue weighted by Gasteiger charge is 2.30. The standard InChI is InChI=1S/C17H17Cl3N4O3S/c18-12-1-3-14(20)15(9-12)28(26,27)24-7-5-23(6-8-24)11-17(25)22-16-4-2-13(19)10-21-16/h1-4,9-10H,5-8,11H2,(H,21,22,25). The number of hydrogen-bond donors (Lipinski definition) is 1. The van der Waals surface area contributed by atoms with E-state index in [1.807, 2.05) is 4.90 Å². The molecule has 1 amide bonds. The molecule has 150 valence electrons. The molecular weight excluding hydrogens is 447 g/mol. The molecule has 2 heterocycles. The van der Waals surface area contributed by atoms with Crippen LogP contribution in [0.5, 0.6) is 0 Å². The number of carbonyl (C=O) groups is 1. The third-order valence-corrected chi connectivity index (χ3v) is 7.04. The quantitative estimate of drug-likeness (QED) is 0.737. The monoisotopic (exact) mass is 462 g/mol. The van der Waals surface area contributed by atoms with Gasteiger partial charge in [0.15, 0.2) is 0 Å². The van der Waals surface area contributed by atoms with Gasteiger partial charge >= 0.3 is 0 Å². The van der Waals surface area contributed by atoms with Crippen LogP contribution < -0.4 is 5.32 Å². The van der Waals surface area contributed by atoms with Crippen molar-refractivity contribution in [3.05, 3.63) is 51.6 Å². The predicted molar refractivity (Wildman–Crippen MR) is 110 cm³/mol. The van der Waals surface area contributed by atoms with E-state index in [2.05, 4.69) is 10.3 Å². The largest absolute Gasteiger partial charge is 0.310 e. The maximum atomic E-state index is 12.8. The fraction of sp³-hybridized carbons (Fsp3) is 0.294. The van der Waals surface area contributed by atoms with Gasteiger partial charge in [0.2, 0.25) is 15.9 Å². The van der Waals surface area contributed by atoms with Crippen molar-refractivity contribution in [3.8, 4) is 0 Å². The molecule has 0 unspecified atom stereocenters. The Hall–Kier alpha value is -1.42. The van der Waals surface area contributed by atoms with Crippen molar-refractivity contribution in [3.63, 3.8) is 0 Å². The minimum atomic E-state index is -3.75. The van der Waals surface area contributed by atoms with Crippen molar-refractivity contribution in [1.29, 1.82) is 0 Å². The van der Waals surface area contributed by atoms with E-state index in [-0.39, 0.29) is 35.5 Å². The van der Waals surface area contributed by atoms with E-state index in [1.165, 1.54) is 28.7 Å². The van der Waals surface area contributed by atoms with Crippen LogP contribution in [0, 0.1) is 0 Å². The van der Waals surface area contributed by atoms with E-state index >= 15 is 0 Å². The van der Waals surface area contributed by atoms with E-state index in [9.17, 15) is 13.2 Å². The third-order valence-electron chi connectivity index (χ3n) is 4.20. The van der Waals surface area contributed by atoms with Crippen molar-refractivity contribution in [2.45, 2.75) is 4.90 Å². The Morgan fingerprint density at radius 1 is 1.04 bits per heavy atom. The van der Waals surface area contributed by atoms with E-state index < -0.39 is 10.0 Å². The lowest BCUT2D eigenvalue weighted by atomic mass is 10.3. The van der Waals surface area contributed by atoms with Gasteiger partial charge in [-0.05, 0) is 30.3 Å². The van der Waals surface area contributed by atoms with E-state index in [1.54, 1.807) is 12.1 Å². The molecule has 0 bridgehead atoms. The van der Waals surface area contributed by atoms with Crippen molar-refractivity contribution in [2.75, 3.05) is 38.0 Å². The third kappa shape index (κ3) is 5.14. The number of nitrogens with zero attached hydrogens (tertiary/aromatic N) is 3. The van der Waals surface area contributed by atoms with Crippen LogP contribution in [0.3, 0.4) is 0 Å². The molecule has 1 saturated heterocycles. The Morgan fingerprint density at radius 3 is 2.36 bits per heavy atom. The van der Waals surface area contributed by atoms with Crippen LogP contribution in [-0.2, 0) is 14.8 Å². The minimum absolute atomic E-state index is 0.0123. The molecule has 1 aliphatic rings. The van der Waals surface area contributed by atoms with Gasteiger partial charge in [-0.2, -0.15) is 4.31 Å². The molecule has 11 heteroatoms. The molecule has 1 aliphatic heterocycles. The molecule has 0 radical (unpaired) electrons. The zero-order valence-electron chi connectivity index (χ0n) is 14.6. The highest BCUT2D eigenvalue weighted by Crippen LogP contribution is 2.28. The molecule has 2 aromatic rings. The number of aromatic nitrogens is 1. The summed E-state index contributed by atoms with van der Waals surface area (Å²) in [4.78, 5) is 18.0. The zero-order valence-corrected chi connectivity index (χ0v) is 17.7. The van der Waals surface area contributed by atoms with E-state index in [0.717, 1.165) is 0 Å². The fourth-order valence-electron chi connectivity index (χ4n) is 2.78. The zero-order chi connectivity index (χ0) is 20.3. The van der Waals surface area contributed by atoms with E-state index in [4.69, 9.17) is 34.8 Å². The van der Waals surface area contributed by atoms with Gasteiger partial charge in [0.1, 0.15) is 10.7 Å². The van der Waals surface area contributed by atoms with Gasteiger partial charge in [0.25, 0.3) is 0 Å². The lowest BCUT2D eigenvalue weighted by Crippen LogP contribution is -2.50. The van der Waals surface area contributed by atoms with Crippen LogP contribution in [0.15, 0.2) is 41.4 Å².